The third kappa shape index (κ3) is 8.48. The topological polar surface area (TPSA) is 75.1 Å². The Bertz CT molecular complexity index is 617. The van der Waals surface area contributed by atoms with E-state index in [0.29, 0.717) is 31.6 Å². The summed E-state index contributed by atoms with van der Waals surface area (Å²) in [5.74, 6) is 2.28. The Labute approximate surface area is 169 Å². The number of hydrogen-bond acceptors (Lipinski definition) is 4. The number of aliphatic hydroxyl groups is 1. The van der Waals surface area contributed by atoms with Crippen LogP contribution in [0.15, 0.2) is 23.2 Å². The maximum Gasteiger partial charge on any atom is 0.191 e. The molecule has 0 amide bonds. The number of guanidine groups is 1. The molecule has 1 aromatic carbocycles. The van der Waals surface area contributed by atoms with Crippen molar-refractivity contribution in [2.45, 2.75) is 65.7 Å². The second kappa shape index (κ2) is 11.9. The predicted octanol–water partition coefficient (Wildman–Crippen LogP) is 3.01. The van der Waals surface area contributed by atoms with Crippen molar-refractivity contribution in [3.63, 3.8) is 0 Å². The predicted molar refractivity (Wildman–Crippen MR) is 114 cm³/mol. The number of nitrogens with one attached hydrogen (secondary N) is 2. The van der Waals surface area contributed by atoms with Gasteiger partial charge in [-0.1, -0.05) is 19.1 Å². The Morgan fingerprint density at radius 3 is 2.75 bits per heavy atom. The zero-order valence-corrected chi connectivity index (χ0v) is 17.8. The number of aryl methyl sites for hydroxylation is 1. The van der Waals surface area contributed by atoms with E-state index in [4.69, 9.17) is 9.47 Å². The van der Waals surface area contributed by atoms with Gasteiger partial charge in [-0.2, -0.15) is 0 Å². The highest BCUT2D eigenvalue weighted by molar-refractivity contribution is 5.79. The molecule has 2 unspecified atom stereocenters. The van der Waals surface area contributed by atoms with E-state index in [1.54, 1.807) is 0 Å². The normalized spacial score (nSPS) is 16.5. The molecule has 2 rings (SSSR count). The first kappa shape index (κ1) is 22.5. The van der Waals surface area contributed by atoms with Gasteiger partial charge in [-0.25, -0.2) is 4.99 Å². The summed E-state index contributed by atoms with van der Waals surface area (Å²) in [7, 11) is 0. The zero-order valence-electron chi connectivity index (χ0n) is 17.8. The van der Waals surface area contributed by atoms with Crippen molar-refractivity contribution in [2.24, 2.45) is 10.9 Å². The summed E-state index contributed by atoms with van der Waals surface area (Å²) in [6, 6.07) is 6.22. The number of ether oxygens (including phenoxy) is 2. The first-order chi connectivity index (χ1) is 13.5. The van der Waals surface area contributed by atoms with Gasteiger partial charge >= 0.3 is 0 Å². The molecule has 0 saturated heterocycles. The fraction of sp³-hybridized carbons (Fsp3) is 0.682. The minimum absolute atomic E-state index is 0.168. The molecule has 0 aliphatic heterocycles. The minimum atomic E-state index is -0.550. The number of aliphatic hydroxyl groups excluding tert-OH is 1. The lowest BCUT2D eigenvalue weighted by molar-refractivity contribution is 0.0345. The number of aliphatic imine (C=N–C) groups is 1. The van der Waals surface area contributed by atoms with Crippen molar-refractivity contribution >= 4 is 5.96 Å². The van der Waals surface area contributed by atoms with Gasteiger partial charge in [0.1, 0.15) is 5.75 Å². The second-order valence-corrected chi connectivity index (χ2v) is 7.66. The monoisotopic (exact) mass is 391 g/mol. The maximum atomic E-state index is 10.1. The molecule has 3 N–H and O–H groups in total. The molecule has 0 heterocycles. The van der Waals surface area contributed by atoms with Crippen LogP contribution >= 0.6 is 0 Å². The van der Waals surface area contributed by atoms with Gasteiger partial charge < -0.3 is 25.2 Å². The lowest BCUT2D eigenvalue weighted by Gasteiger charge is -2.17. The van der Waals surface area contributed by atoms with E-state index < -0.39 is 6.10 Å². The van der Waals surface area contributed by atoms with Crippen LogP contribution in [-0.2, 0) is 11.3 Å². The molecule has 1 aliphatic carbocycles. The first-order valence-corrected chi connectivity index (χ1v) is 10.6. The standard InChI is InChI=1S/C22H37N3O3/c1-5-17(4)28-21-11-16(3)7-10-19(21)12-24-22(23-6-2)25-13-20(26)15-27-14-18-8-9-18/h7,10-11,17-18,20,26H,5-6,8-9,12-15H2,1-4H3,(H2,23,24,25). The lowest BCUT2D eigenvalue weighted by atomic mass is 10.1. The van der Waals surface area contributed by atoms with Crippen LogP contribution in [0.1, 0.15) is 51.2 Å². The van der Waals surface area contributed by atoms with Gasteiger partial charge in [0.25, 0.3) is 0 Å². The van der Waals surface area contributed by atoms with Crippen LogP contribution in [0.25, 0.3) is 0 Å². The molecule has 1 aromatic rings. The van der Waals surface area contributed by atoms with Crippen molar-refractivity contribution in [3.05, 3.63) is 29.3 Å². The Morgan fingerprint density at radius 1 is 1.29 bits per heavy atom. The molecule has 1 aliphatic rings. The Hall–Kier alpha value is -1.79. The van der Waals surface area contributed by atoms with Crippen LogP contribution in [0.2, 0.25) is 0 Å². The summed E-state index contributed by atoms with van der Waals surface area (Å²) in [5, 5.41) is 16.5. The number of benzene rings is 1. The molecule has 28 heavy (non-hydrogen) atoms. The fourth-order valence-electron chi connectivity index (χ4n) is 2.64. The first-order valence-electron chi connectivity index (χ1n) is 10.6. The van der Waals surface area contributed by atoms with Gasteiger partial charge in [-0.05, 0) is 57.6 Å². The number of rotatable bonds is 12. The molecule has 1 fully saturated rings. The van der Waals surface area contributed by atoms with E-state index >= 15 is 0 Å². The van der Waals surface area contributed by atoms with Crippen molar-refractivity contribution in [1.82, 2.24) is 10.6 Å². The molecule has 158 valence electrons. The van der Waals surface area contributed by atoms with Crippen molar-refractivity contribution in [1.29, 1.82) is 0 Å². The van der Waals surface area contributed by atoms with E-state index in [2.05, 4.69) is 54.6 Å². The quantitative estimate of drug-likeness (QED) is 0.377. The summed E-state index contributed by atoms with van der Waals surface area (Å²) < 4.78 is 11.6. The van der Waals surface area contributed by atoms with Gasteiger partial charge in [0, 0.05) is 25.3 Å². The molecule has 0 bridgehead atoms. The van der Waals surface area contributed by atoms with E-state index in [9.17, 15) is 5.11 Å². The second-order valence-electron chi connectivity index (χ2n) is 7.66. The van der Waals surface area contributed by atoms with Gasteiger partial charge in [-0.3, -0.25) is 0 Å². The smallest absolute Gasteiger partial charge is 0.191 e. The maximum absolute atomic E-state index is 10.1. The molecule has 6 nitrogen and oxygen atoms in total. The molecular formula is C22H37N3O3. The molecule has 6 heteroatoms. The minimum Gasteiger partial charge on any atom is -0.490 e. The molecule has 0 radical (unpaired) electrons. The van der Waals surface area contributed by atoms with Crippen LogP contribution in [0.5, 0.6) is 5.75 Å². The van der Waals surface area contributed by atoms with Gasteiger partial charge in [-0.15, -0.1) is 0 Å². The third-order valence-electron chi connectivity index (χ3n) is 4.74. The SMILES string of the molecule is CCNC(=NCc1ccc(C)cc1OC(C)CC)NCC(O)COCC1CC1. The van der Waals surface area contributed by atoms with Crippen LogP contribution in [-0.4, -0.2) is 49.6 Å². The number of nitrogens with zero attached hydrogens (tertiary/aromatic N) is 1. The average molecular weight is 392 g/mol. The highest BCUT2D eigenvalue weighted by atomic mass is 16.5. The van der Waals surface area contributed by atoms with Crippen molar-refractivity contribution in [2.75, 3.05) is 26.3 Å². The molecule has 0 spiro atoms. The van der Waals surface area contributed by atoms with E-state index in [1.807, 2.05) is 6.92 Å². The molecular weight excluding hydrogens is 354 g/mol. The fourth-order valence-corrected chi connectivity index (χ4v) is 2.64. The van der Waals surface area contributed by atoms with Gasteiger partial charge in [0.2, 0.25) is 0 Å². The van der Waals surface area contributed by atoms with Gasteiger partial charge in [0.05, 0.1) is 25.4 Å². The Morgan fingerprint density at radius 2 is 2.07 bits per heavy atom. The molecule has 2 atom stereocenters. The Kier molecular flexibility index (Phi) is 9.58. The van der Waals surface area contributed by atoms with E-state index in [0.717, 1.165) is 30.9 Å². The van der Waals surface area contributed by atoms with Crippen molar-refractivity contribution < 1.29 is 14.6 Å². The Balaban J connectivity index is 1.89. The van der Waals surface area contributed by atoms with Crippen LogP contribution in [0.3, 0.4) is 0 Å². The van der Waals surface area contributed by atoms with Crippen molar-refractivity contribution in [3.8, 4) is 5.75 Å². The summed E-state index contributed by atoms with van der Waals surface area (Å²) in [6.45, 7) is 11.1. The van der Waals surface area contributed by atoms with Crippen LogP contribution < -0.4 is 15.4 Å². The summed E-state index contributed by atoms with van der Waals surface area (Å²) in [6.07, 6.45) is 3.09. The number of hydrogen-bond donors (Lipinski definition) is 3. The molecule has 0 aromatic heterocycles. The average Bonchev–Trinajstić information content (AvgIpc) is 3.49. The molecule has 1 saturated carbocycles. The third-order valence-corrected chi connectivity index (χ3v) is 4.74. The van der Waals surface area contributed by atoms with Crippen LogP contribution in [0, 0.1) is 12.8 Å². The highest BCUT2D eigenvalue weighted by Crippen LogP contribution is 2.28. The lowest BCUT2D eigenvalue weighted by Crippen LogP contribution is -2.42. The van der Waals surface area contributed by atoms with Gasteiger partial charge in [0.15, 0.2) is 5.96 Å². The van der Waals surface area contributed by atoms with E-state index in [1.165, 1.54) is 18.4 Å². The highest BCUT2D eigenvalue weighted by Gasteiger charge is 2.21. The largest absolute Gasteiger partial charge is 0.490 e. The summed E-state index contributed by atoms with van der Waals surface area (Å²) >= 11 is 0. The summed E-state index contributed by atoms with van der Waals surface area (Å²) in [5.41, 5.74) is 2.22. The van der Waals surface area contributed by atoms with Crippen LogP contribution in [0.4, 0.5) is 0 Å². The zero-order chi connectivity index (χ0) is 20.4. The van der Waals surface area contributed by atoms with E-state index in [-0.39, 0.29) is 6.10 Å². The summed E-state index contributed by atoms with van der Waals surface area (Å²) in [4.78, 5) is 4.66.